The summed E-state index contributed by atoms with van der Waals surface area (Å²) in [5.41, 5.74) is -1.88. The smallest absolute Gasteiger partial charge is 0.357 e. The Hall–Kier alpha value is -1.43. The van der Waals surface area contributed by atoms with E-state index in [-0.39, 0.29) is 12.8 Å². The molecule has 14 heavy (non-hydrogen) atoms. The lowest BCUT2D eigenvalue weighted by Gasteiger charge is -2.31. The topological polar surface area (TPSA) is 83.9 Å². The van der Waals surface area contributed by atoms with Crippen molar-refractivity contribution in [2.45, 2.75) is 25.5 Å². The van der Waals surface area contributed by atoms with E-state index in [1.807, 2.05) is 0 Å². The van der Waals surface area contributed by atoms with E-state index < -0.39 is 23.5 Å². The van der Waals surface area contributed by atoms with E-state index in [1.54, 1.807) is 0 Å². The van der Waals surface area contributed by atoms with Gasteiger partial charge in [-0.15, -0.1) is 0 Å². The van der Waals surface area contributed by atoms with Gasteiger partial charge in [0.15, 0.2) is 0 Å². The summed E-state index contributed by atoms with van der Waals surface area (Å²) in [5, 5.41) is 8.86. The molecule has 0 aliphatic carbocycles. The van der Waals surface area contributed by atoms with Crippen molar-refractivity contribution in [2.75, 3.05) is 7.11 Å². The number of hydrogen-bond donors (Lipinski definition) is 1. The summed E-state index contributed by atoms with van der Waals surface area (Å²) in [6.07, 6.45) is 0.0934. The van der Waals surface area contributed by atoms with Crippen molar-refractivity contribution in [3.05, 3.63) is 0 Å². The molecule has 1 aliphatic rings. The number of aliphatic carboxylic acids is 1. The number of likely N-dealkylation sites (tertiary alicyclic amines) is 1. The third-order valence-corrected chi connectivity index (χ3v) is 2.27. The second-order valence-corrected chi connectivity index (χ2v) is 3.12. The second-order valence-electron chi connectivity index (χ2n) is 3.12. The summed E-state index contributed by atoms with van der Waals surface area (Å²) < 4.78 is 4.71. The molecule has 1 fully saturated rings. The van der Waals surface area contributed by atoms with Gasteiger partial charge in [0.1, 0.15) is 0 Å². The number of methoxy groups -OCH3 is 1. The SMILES string of the molecule is COC(C)(C(=O)O)N1C(=O)CCC1=O. The minimum absolute atomic E-state index is 0.0467. The summed E-state index contributed by atoms with van der Waals surface area (Å²) in [7, 11) is 1.15. The van der Waals surface area contributed by atoms with Crippen LogP contribution in [-0.4, -0.2) is 40.6 Å². The van der Waals surface area contributed by atoms with Crippen molar-refractivity contribution in [3.8, 4) is 0 Å². The first kappa shape index (κ1) is 10.6. The Kier molecular flexibility index (Phi) is 2.57. The Labute approximate surface area is 80.4 Å². The normalized spacial score (nSPS) is 21.1. The van der Waals surface area contributed by atoms with E-state index in [2.05, 4.69) is 0 Å². The van der Waals surface area contributed by atoms with Crippen LogP contribution in [0.3, 0.4) is 0 Å². The van der Waals surface area contributed by atoms with Gasteiger partial charge >= 0.3 is 5.97 Å². The number of carbonyl (C=O) groups excluding carboxylic acids is 2. The van der Waals surface area contributed by atoms with Crippen LogP contribution < -0.4 is 0 Å². The number of nitrogens with zero attached hydrogens (tertiary/aromatic N) is 1. The molecule has 0 bridgehead atoms. The molecular weight excluding hydrogens is 190 g/mol. The minimum Gasteiger partial charge on any atom is -0.478 e. The maximum Gasteiger partial charge on any atom is 0.357 e. The highest BCUT2D eigenvalue weighted by Gasteiger charge is 2.49. The summed E-state index contributed by atoms with van der Waals surface area (Å²) >= 11 is 0. The van der Waals surface area contributed by atoms with Crippen LogP contribution in [0.2, 0.25) is 0 Å². The van der Waals surface area contributed by atoms with Gasteiger partial charge in [0.25, 0.3) is 0 Å². The fourth-order valence-electron chi connectivity index (χ4n) is 1.33. The van der Waals surface area contributed by atoms with Gasteiger partial charge in [-0.25, -0.2) is 9.69 Å². The first-order valence-corrected chi connectivity index (χ1v) is 4.08. The molecule has 6 nitrogen and oxygen atoms in total. The summed E-state index contributed by atoms with van der Waals surface area (Å²) in [6.45, 7) is 1.18. The maximum absolute atomic E-state index is 11.3. The predicted octanol–water partition coefficient (Wildman–Crippen LogP) is -0.417. The zero-order valence-electron chi connectivity index (χ0n) is 7.94. The average Bonchev–Trinajstić information content (AvgIpc) is 2.45. The monoisotopic (exact) mass is 201 g/mol. The van der Waals surface area contributed by atoms with Crippen LogP contribution in [0.1, 0.15) is 19.8 Å². The van der Waals surface area contributed by atoms with Gasteiger partial charge in [-0.05, 0) is 6.92 Å². The molecule has 1 saturated heterocycles. The van der Waals surface area contributed by atoms with Gasteiger partial charge in [-0.1, -0.05) is 0 Å². The van der Waals surface area contributed by atoms with Crippen LogP contribution in [0.25, 0.3) is 0 Å². The number of rotatable bonds is 3. The number of carboxylic acid groups (broad SMARTS) is 1. The van der Waals surface area contributed by atoms with Crippen molar-refractivity contribution < 1.29 is 24.2 Å². The molecule has 0 radical (unpaired) electrons. The number of amides is 2. The standard InChI is InChI=1S/C8H11NO5/c1-8(14-2,7(12)13)9-5(10)3-4-6(9)11/h3-4H2,1-2H3,(H,12,13). The van der Waals surface area contributed by atoms with Crippen LogP contribution in [0.15, 0.2) is 0 Å². The van der Waals surface area contributed by atoms with Crippen LogP contribution in [0, 0.1) is 0 Å². The van der Waals surface area contributed by atoms with Crippen molar-refractivity contribution in [2.24, 2.45) is 0 Å². The molecule has 1 rings (SSSR count). The van der Waals surface area contributed by atoms with Crippen molar-refractivity contribution in [1.29, 1.82) is 0 Å². The number of hydrogen-bond acceptors (Lipinski definition) is 4. The molecule has 1 aliphatic heterocycles. The largest absolute Gasteiger partial charge is 0.478 e. The van der Waals surface area contributed by atoms with Crippen LogP contribution in [-0.2, 0) is 19.1 Å². The molecule has 0 saturated carbocycles. The molecule has 0 aromatic heterocycles. The minimum atomic E-state index is -1.88. The van der Waals surface area contributed by atoms with Crippen LogP contribution in [0.5, 0.6) is 0 Å². The molecular formula is C8H11NO5. The summed E-state index contributed by atoms with van der Waals surface area (Å²) in [4.78, 5) is 34.0. The Morgan fingerprint density at radius 2 is 1.86 bits per heavy atom. The van der Waals surface area contributed by atoms with E-state index in [0.29, 0.717) is 4.90 Å². The van der Waals surface area contributed by atoms with E-state index in [4.69, 9.17) is 9.84 Å². The summed E-state index contributed by atoms with van der Waals surface area (Å²) in [5.74, 6) is -2.38. The fraction of sp³-hybridized carbons (Fsp3) is 0.625. The van der Waals surface area contributed by atoms with Gasteiger partial charge in [-0.3, -0.25) is 9.59 Å². The van der Waals surface area contributed by atoms with Crippen molar-refractivity contribution in [1.82, 2.24) is 4.90 Å². The number of carboxylic acids is 1. The van der Waals surface area contributed by atoms with Crippen LogP contribution >= 0.6 is 0 Å². The van der Waals surface area contributed by atoms with Crippen molar-refractivity contribution in [3.63, 3.8) is 0 Å². The fourth-order valence-corrected chi connectivity index (χ4v) is 1.33. The average molecular weight is 201 g/mol. The highest BCUT2D eigenvalue weighted by Crippen LogP contribution is 2.24. The third kappa shape index (κ3) is 1.37. The maximum atomic E-state index is 11.3. The molecule has 6 heteroatoms. The molecule has 0 aromatic carbocycles. The molecule has 2 amide bonds. The molecule has 78 valence electrons. The molecule has 1 unspecified atom stereocenters. The molecule has 0 aromatic rings. The lowest BCUT2D eigenvalue weighted by Crippen LogP contribution is -2.56. The molecule has 1 heterocycles. The van der Waals surface area contributed by atoms with E-state index in [1.165, 1.54) is 6.92 Å². The Morgan fingerprint density at radius 1 is 1.43 bits per heavy atom. The number of carbonyl (C=O) groups is 3. The third-order valence-electron chi connectivity index (χ3n) is 2.27. The van der Waals surface area contributed by atoms with Gasteiger partial charge < -0.3 is 9.84 Å². The molecule has 0 spiro atoms. The lowest BCUT2D eigenvalue weighted by atomic mass is 10.2. The highest BCUT2D eigenvalue weighted by atomic mass is 16.5. The Balaban J connectivity index is 3.05. The Bertz CT molecular complexity index is 284. The highest BCUT2D eigenvalue weighted by molar-refractivity contribution is 6.05. The first-order chi connectivity index (χ1) is 6.43. The Morgan fingerprint density at radius 3 is 2.14 bits per heavy atom. The lowest BCUT2D eigenvalue weighted by molar-refractivity contribution is -0.191. The van der Waals surface area contributed by atoms with E-state index >= 15 is 0 Å². The van der Waals surface area contributed by atoms with E-state index in [9.17, 15) is 14.4 Å². The van der Waals surface area contributed by atoms with E-state index in [0.717, 1.165) is 7.11 Å². The van der Waals surface area contributed by atoms with Gasteiger partial charge in [-0.2, -0.15) is 0 Å². The zero-order chi connectivity index (χ0) is 10.9. The summed E-state index contributed by atoms with van der Waals surface area (Å²) in [6, 6.07) is 0. The van der Waals surface area contributed by atoms with Gasteiger partial charge in [0.2, 0.25) is 17.5 Å². The number of ether oxygens (including phenoxy) is 1. The quantitative estimate of drug-likeness (QED) is 0.627. The first-order valence-electron chi connectivity index (χ1n) is 4.08. The zero-order valence-corrected chi connectivity index (χ0v) is 7.94. The molecule has 1 atom stereocenters. The van der Waals surface area contributed by atoms with Gasteiger partial charge in [0, 0.05) is 20.0 Å². The predicted molar refractivity (Wildman–Crippen MR) is 44.1 cm³/mol. The van der Waals surface area contributed by atoms with Gasteiger partial charge in [0.05, 0.1) is 0 Å². The molecule has 1 N–H and O–H groups in total. The second kappa shape index (κ2) is 3.38. The van der Waals surface area contributed by atoms with Crippen LogP contribution in [0.4, 0.5) is 0 Å². The van der Waals surface area contributed by atoms with Crippen molar-refractivity contribution >= 4 is 17.8 Å². The number of imide groups is 1.